The minimum absolute atomic E-state index is 0.00264. The van der Waals surface area contributed by atoms with Gasteiger partial charge in [-0.05, 0) is 24.8 Å². The summed E-state index contributed by atoms with van der Waals surface area (Å²) in [5, 5.41) is 19.2. The number of nitrogens with zero attached hydrogens (tertiary/aromatic N) is 1. The second kappa shape index (κ2) is 6.39. The van der Waals surface area contributed by atoms with Crippen LogP contribution in [0.3, 0.4) is 0 Å². The van der Waals surface area contributed by atoms with Crippen LogP contribution in [0.1, 0.15) is 23.2 Å². The Hall–Kier alpha value is -0.680. The van der Waals surface area contributed by atoms with Crippen LogP contribution >= 0.6 is 34.8 Å². The van der Waals surface area contributed by atoms with Gasteiger partial charge in [0.1, 0.15) is 11.3 Å². The highest BCUT2D eigenvalue weighted by atomic mass is 35.5. The Balaban J connectivity index is 2.26. The lowest BCUT2D eigenvalue weighted by atomic mass is 9.97. The first kappa shape index (κ1) is 15.7. The number of halogens is 3. The number of rotatable bonds is 2. The van der Waals surface area contributed by atoms with Gasteiger partial charge in [-0.15, -0.1) is 0 Å². The van der Waals surface area contributed by atoms with E-state index in [4.69, 9.17) is 39.9 Å². The molecule has 1 aromatic carbocycles. The zero-order valence-electron chi connectivity index (χ0n) is 10.6. The van der Waals surface area contributed by atoms with Gasteiger partial charge in [0, 0.05) is 19.7 Å². The molecule has 1 aromatic rings. The van der Waals surface area contributed by atoms with Gasteiger partial charge in [0.15, 0.2) is 0 Å². The molecule has 1 aliphatic heterocycles. The minimum atomic E-state index is -0.395. The van der Waals surface area contributed by atoms with Gasteiger partial charge in [0.05, 0.1) is 15.1 Å². The number of benzene rings is 1. The fourth-order valence-electron chi connectivity index (χ4n) is 2.26. The van der Waals surface area contributed by atoms with Gasteiger partial charge in [0.25, 0.3) is 5.91 Å². The minimum Gasteiger partial charge on any atom is -0.505 e. The van der Waals surface area contributed by atoms with Crippen LogP contribution < -0.4 is 0 Å². The number of hydrogen-bond acceptors (Lipinski definition) is 3. The summed E-state index contributed by atoms with van der Waals surface area (Å²) in [6.07, 6.45) is 1.43. The third-order valence-corrected chi connectivity index (χ3v) is 4.59. The molecule has 0 atom stereocenters. The predicted octanol–water partition coefficient (Wildman–Crippen LogP) is 3.20. The average molecular weight is 339 g/mol. The summed E-state index contributed by atoms with van der Waals surface area (Å²) in [5.41, 5.74) is -0.0633. The van der Waals surface area contributed by atoms with Gasteiger partial charge in [-0.1, -0.05) is 34.8 Å². The van der Waals surface area contributed by atoms with E-state index in [0.717, 1.165) is 12.8 Å². The molecule has 1 aliphatic rings. The van der Waals surface area contributed by atoms with Gasteiger partial charge >= 0.3 is 0 Å². The van der Waals surface area contributed by atoms with E-state index in [1.165, 1.54) is 6.07 Å². The third kappa shape index (κ3) is 2.98. The van der Waals surface area contributed by atoms with Crippen LogP contribution in [0, 0.1) is 5.92 Å². The standard InChI is InChI=1S/C13H14Cl3NO3/c14-8-5-9(15)12(19)10(11(8)16)13(20)17-3-1-7(6-18)2-4-17/h5,7,18-19H,1-4,6H2. The molecule has 0 aromatic heterocycles. The Bertz CT molecular complexity index is 502. The molecule has 110 valence electrons. The van der Waals surface area contributed by atoms with Gasteiger partial charge in [-0.3, -0.25) is 4.79 Å². The van der Waals surface area contributed by atoms with Crippen molar-refractivity contribution < 1.29 is 15.0 Å². The number of amides is 1. The number of carbonyl (C=O) groups is 1. The average Bonchev–Trinajstić information content (AvgIpc) is 2.45. The van der Waals surface area contributed by atoms with Crippen molar-refractivity contribution in [1.29, 1.82) is 0 Å². The lowest BCUT2D eigenvalue weighted by Gasteiger charge is -2.31. The Morgan fingerprint density at radius 2 is 1.85 bits per heavy atom. The van der Waals surface area contributed by atoms with Crippen LogP contribution in [0.15, 0.2) is 6.07 Å². The highest BCUT2D eigenvalue weighted by Crippen LogP contribution is 2.39. The molecular weight excluding hydrogens is 325 g/mol. The Morgan fingerprint density at radius 1 is 1.25 bits per heavy atom. The topological polar surface area (TPSA) is 60.8 Å². The fourth-order valence-corrected chi connectivity index (χ4v) is 2.95. The molecule has 4 nitrogen and oxygen atoms in total. The molecule has 0 bridgehead atoms. The summed E-state index contributed by atoms with van der Waals surface area (Å²) < 4.78 is 0. The van der Waals surface area contributed by atoms with Crippen molar-refractivity contribution in [3.05, 3.63) is 26.7 Å². The smallest absolute Gasteiger partial charge is 0.259 e. The molecule has 2 rings (SSSR count). The predicted molar refractivity (Wildman–Crippen MR) is 78.9 cm³/mol. The van der Waals surface area contributed by atoms with Crippen molar-refractivity contribution in [3.63, 3.8) is 0 Å². The van der Waals surface area contributed by atoms with E-state index in [-0.39, 0.29) is 38.9 Å². The highest BCUT2D eigenvalue weighted by Gasteiger charge is 2.28. The second-order valence-corrected chi connectivity index (χ2v) is 5.99. The van der Waals surface area contributed by atoms with Crippen LogP contribution in [0.5, 0.6) is 5.75 Å². The maximum Gasteiger partial charge on any atom is 0.259 e. The molecule has 0 aliphatic carbocycles. The fraction of sp³-hybridized carbons (Fsp3) is 0.462. The maximum atomic E-state index is 12.4. The maximum absolute atomic E-state index is 12.4. The summed E-state index contributed by atoms with van der Waals surface area (Å²) in [4.78, 5) is 14.0. The van der Waals surface area contributed by atoms with E-state index < -0.39 is 5.91 Å². The largest absolute Gasteiger partial charge is 0.505 e. The van der Waals surface area contributed by atoms with Crippen molar-refractivity contribution >= 4 is 40.7 Å². The Labute approximate surface area is 131 Å². The monoisotopic (exact) mass is 337 g/mol. The number of aliphatic hydroxyl groups excluding tert-OH is 1. The number of likely N-dealkylation sites (tertiary alicyclic amines) is 1. The lowest BCUT2D eigenvalue weighted by molar-refractivity contribution is 0.0648. The molecule has 20 heavy (non-hydrogen) atoms. The zero-order valence-corrected chi connectivity index (χ0v) is 12.8. The van der Waals surface area contributed by atoms with Crippen molar-refractivity contribution in [2.45, 2.75) is 12.8 Å². The van der Waals surface area contributed by atoms with E-state index in [1.54, 1.807) is 4.90 Å². The van der Waals surface area contributed by atoms with Crippen LogP contribution in [0.25, 0.3) is 0 Å². The molecule has 1 saturated heterocycles. The number of hydrogen-bond donors (Lipinski definition) is 2. The number of phenolic OH excluding ortho intramolecular Hbond substituents is 1. The van der Waals surface area contributed by atoms with Gasteiger partial charge in [0.2, 0.25) is 0 Å². The SMILES string of the molecule is O=C(c1c(O)c(Cl)cc(Cl)c1Cl)N1CCC(CO)CC1. The summed E-state index contributed by atoms with van der Waals surface area (Å²) in [7, 11) is 0. The molecule has 0 unspecified atom stereocenters. The van der Waals surface area contributed by atoms with Crippen molar-refractivity contribution in [2.24, 2.45) is 5.92 Å². The Kier molecular flexibility index (Phi) is 5.02. The zero-order chi connectivity index (χ0) is 14.9. The van der Waals surface area contributed by atoms with E-state index in [9.17, 15) is 9.90 Å². The summed E-state index contributed by atoms with van der Waals surface area (Å²) >= 11 is 17.7. The van der Waals surface area contributed by atoms with E-state index >= 15 is 0 Å². The molecule has 1 fully saturated rings. The van der Waals surface area contributed by atoms with Crippen LogP contribution in [0.4, 0.5) is 0 Å². The van der Waals surface area contributed by atoms with Crippen molar-refractivity contribution in [1.82, 2.24) is 4.90 Å². The highest BCUT2D eigenvalue weighted by molar-refractivity contribution is 6.45. The molecule has 2 N–H and O–H groups in total. The van der Waals surface area contributed by atoms with E-state index in [0.29, 0.717) is 13.1 Å². The van der Waals surface area contributed by atoms with Crippen LogP contribution in [0.2, 0.25) is 15.1 Å². The number of phenols is 1. The first-order valence-corrected chi connectivity index (χ1v) is 7.35. The summed E-state index contributed by atoms with van der Waals surface area (Å²) in [5.74, 6) is -0.533. The Morgan fingerprint density at radius 3 is 2.40 bits per heavy atom. The number of piperidine rings is 1. The second-order valence-electron chi connectivity index (χ2n) is 4.80. The quantitative estimate of drug-likeness (QED) is 0.814. The molecule has 1 heterocycles. The first-order valence-electron chi connectivity index (χ1n) is 6.22. The molecule has 7 heteroatoms. The molecule has 0 spiro atoms. The summed E-state index contributed by atoms with van der Waals surface area (Å²) in [6, 6.07) is 1.30. The normalized spacial score (nSPS) is 16.5. The van der Waals surface area contributed by atoms with Gasteiger partial charge in [-0.25, -0.2) is 0 Å². The molecule has 0 saturated carbocycles. The van der Waals surface area contributed by atoms with E-state index in [1.807, 2.05) is 0 Å². The number of aliphatic hydroxyl groups is 1. The lowest BCUT2D eigenvalue weighted by Crippen LogP contribution is -2.39. The van der Waals surface area contributed by atoms with Crippen molar-refractivity contribution in [2.75, 3.05) is 19.7 Å². The number of carbonyl (C=O) groups excluding carboxylic acids is 1. The molecular formula is C13H14Cl3NO3. The molecule has 1 amide bonds. The number of aromatic hydroxyl groups is 1. The third-order valence-electron chi connectivity index (χ3n) is 3.52. The van der Waals surface area contributed by atoms with E-state index in [2.05, 4.69) is 0 Å². The molecule has 0 radical (unpaired) electrons. The van der Waals surface area contributed by atoms with Gasteiger partial charge in [-0.2, -0.15) is 0 Å². The summed E-state index contributed by atoms with van der Waals surface area (Å²) in [6.45, 7) is 1.13. The van der Waals surface area contributed by atoms with Crippen molar-refractivity contribution in [3.8, 4) is 5.75 Å². The van der Waals surface area contributed by atoms with Crippen LogP contribution in [-0.2, 0) is 0 Å². The van der Waals surface area contributed by atoms with Crippen LogP contribution in [-0.4, -0.2) is 40.7 Å². The van der Waals surface area contributed by atoms with Gasteiger partial charge < -0.3 is 15.1 Å². The first-order chi connectivity index (χ1) is 9.45.